The number of aldehydes is 1. The number of ketones is 1. The van der Waals surface area contributed by atoms with Crippen LogP contribution in [0.25, 0.3) is 0 Å². The molecule has 29 heavy (non-hydrogen) atoms. The quantitative estimate of drug-likeness (QED) is 0.396. The number of rotatable bonds is 5. The number of furan rings is 1. The van der Waals surface area contributed by atoms with Crippen LogP contribution in [0.3, 0.4) is 0 Å². The minimum atomic E-state index is -0.849. The molecule has 0 saturated carbocycles. The first-order valence-electron chi connectivity index (χ1n) is 8.88. The molecule has 4 rings (SSSR count). The minimum Gasteiger partial charge on any atom is -0.459 e. The number of fused-ring (bicyclic) bond motifs is 1. The summed E-state index contributed by atoms with van der Waals surface area (Å²) >= 11 is 0. The third-order valence-electron chi connectivity index (χ3n) is 4.78. The maximum atomic E-state index is 12.9. The normalized spacial score (nSPS) is 14.8. The highest BCUT2D eigenvalue weighted by atomic mass is 16.3. The first kappa shape index (κ1) is 18.4. The van der Waals surface area contributed by atoms with Gasteiger partial charge in [0.2, 0.25) is 5.91 Å². The van der Waals surface area contributed by atoms with E-state index in [-0.39, 0.29) is 11.5 Å². The zero-order valence-corrected chi connectivity index (χ0v) is 15.4. The van der Waals surface area contributed by atoms with Gasteiger partial charge >= 0.3 is 0 Å². The zero-order chi connectivity index (χ0) is 20.5. The molecule has 2 amide bonds. The smallest absolute Gasteiger partial charge is 0.291 e. The molecule has 0 radical (unpaired) electrons. The van der Waals surface area contributed by atoms with Crippen LogP contribution in [0.5, 0.6) is 0 Å². The number of benzene rings is 2. The number of carbonyl (C=O) groups is 4. The van der Waals surface area contributed by atoms with Gasteiger partial charge in [-0.05, 0) is 36.8 Å². The van der Waals surface area contributed by atoms with Crippen LogP contribution in [-0.2, 0) is 9.59 Å². The molecule has 2 N–H and O–H groups in total. The monoisotopic (exact) mass is 388 g/mol. The Kier molecular flexibility index (Phi) is 4.56. The summed E-state index contributed by atoms with van der Waals surface area (Å²) in [7, 11) is 0. The van der Waals surface area contributed by atoms with Crippen molar-refractivity contribution in [3.8, 4) is 0 Å². The molecule has 1 atom stereocenters. The molecule has 3 aromatic rings. The molecule has 1 aliphatic rings. The van der Waals surface area contributed by atoms with Gasteiger partial charge in [-0.15, -0.1) is 0 Å². The zero-order valence-electron chi connectivity index (χ0n) is 15.4. The van der Waals surface area contributed by atoms with E-state index in [0.717, 1.165) is 0 Å². The Morgan fingerprint density at radius 3 is 2.62 bits per heavy atom. The van der Waals surface area contributed by atoms with Gasteiger partial charge in [-0.1, -0.05) is 24.3 Å². The van der Waals surface area contributed by atoms with Crippen LogP contribution < -0.4 is 10.6 Å². The highest BCUT2D eigenvalue weighted by molar-refractivity contribution is 6.14. The van der Waals surface area contributed by atoms with Crippen molar-refractivity contribution in [2.24, 2.45) is 0 Å². The topological polar surface area (TPSA) is 105 Å². The lowest BCUT2D eigenvalue weighted by molar-refractivity contribution is -0.121. The van der Waals surface area contributed by atoms with Crippen molar-refractivity contribution >= 4 is 35.3 Å². The number of anilines is 2. The van der Waals surface area contributed by atoms with Gasteiger partial charge in [-0.2, -0.15) is 0 Å². The molecule has 0 bridgehead atoms. The fourth-order valence-corrected chi connectivity index (χ4v) is 3.26. The molecule has 0 aliphatic carbocycles. The van der Waals surface area contributed by atoms with Crippen molar-refractivity contribution in [2.45, 2.75) is 12.8 Å². The summed E-state index contributed by atoms with van der Waals surface area (Å²) in [6.07, 6.45) is 2.02. The van der Waals surface area contributed by atoms with Gasteiger partial charge in [0.25, 0.3) is 5.91 Å². The van der Waals surface area contributed by atoms with E-state index in [0.29, 0.717) is 39.9 Å². The van der Waals surface area contributed by atoms with Crippen LogP contribution in [0.4, 0.5) is 11.4 Å². The summed E-state index contributed by atoms with van der Waals surface area (Å²) in [5, 5.41) is 5.33. The lowest BCUT2D eigenvalue weighted by Gasteiger charge is -2.08. The molecule has 1 aliphatic heterocycles. The van der Waals surface area contributed by atoms with Crippen molar-refractivity contribution in [1.82, 2.24) is 0 Å². The Balaban J connectivity index is 1.57. The van der Waals surface area contributed by atoms with Crippen molar-refractivity contribution in [3.05, 3.63) is 82.8 Å². The second-order valence-corrected chi connectivity index (χ2v) is 6.70. The highest BCUT2D eigenvalue weighted by Gasteiger charge is 2.30. The van der Waals surface area contributed by atoms with Crippen molar-refractivity contribution in [1.29, 1.82) is 0 Å². The van der Waals surface area contributed by atoms with E-state index in [9.17, 15) is 19.2 Å². The van der Waals surface area contributed by atoms with E-state index in [1.54, 1.807) is 55.5 Å². The molecule has 2 aromatic carbocycles. The maximum absolute atomic E-state index is 12.9. The third kappa shape index (κ3) is 3.34. The fraction of sp³-hybridized carbons (Fsp3) is 0.0909. The molecule has 0 spiro atoms. The second kappa shape index (κ2) is 7.20. The molecule has 7 heteroatoms. The first-order chi connectivity index (χ1) is 14.0. The van der Waals surface area contributed by atoms with Gasteiger partial charge in [0.1, 0.15) is 12.2 Å². The van der Waals surface area contributed by atoms with Crippen LogP contribution in [0, 0.1) is 6.92 Å². The second-order valence-electron chi connectivity index (χ2n) is 6.70. The molecule has 2 heterocycles. The number of hydrogen-bond donors (Lipinski definition) is 2. The Bertz CT molecular complexity index is 1160. The molecule has 0 fully saturated rings. The Hall–Kier alpha value is -4.00. The summed E-state index contributed by atoms with van der Waals surface area (Å²) in [6, 6.07) is 13.0. The Morgan fingerprint density at radius 2 is 1.90 bits per heavy atom. The molecule has 1 unspecified atom stereocenters. The Morgan fingerprint density at radius 1 is 1.10 bits per heavy atom. The molecule has 1 aromatic heterocycles. The maximum Gasteiger partial charge on any atom is 0.291 e. The average Bonchev–Trinajstić information content (AvgIpc) is 3.28. The van der Waals surface area contributed by atoms with Crippen LogP contribution in [-0.4, -0.2) is 23.9 Å². The first-order valence-corrected chi connectivity index (χ1v) is 8.88. The molecular formula is C22H16N2O5. The van der Waals surface area contributed by atoms with E-state index < -0.39 is 17.7 Å². The van der Waals surface area contributed by atoms with Gasteiger partial charge in [0.15, 0.2) is 11.5 Å². The average molecular weight is 388 g/mol. The summed E-state index contributed by atoms with van der Waals surface area (Å²) in [5.41, 5.74) is 2.90. The van der Waals surface area contributed by atoms with Gasteiger partial charge in [0, 0.05) is 28.1 Å². The summed E-state index contributed by atoms with van der Waals surface area (Å²) in [6.45, 7) is 1.76. The van der Waals surface area contributed by atoms with Crippen LogP contribution in [0.15, 0.2) is 59.2 Å². The van der Waals surface area contributed by atoms with Crippen LogP contribution >= 0.6 is 0 Å². The van der Waals surface area contributed by atoms with Crippen LogP contribution in [0.2, 0.25) is 0 Å². The fourth-order valence-electron chi connectivity index (χ4n) is 3.26. The number of hydrogen-bond acceptors (Lipinski definition) is 5. The SMILES string of the molecule is Cc1ccoc1C(=O)Nc1cccc(C(=O)c2ccc3c(c2)NC(=O)C3C=O)c1. The number of amides is 2. The molecule has 0 saturated heterocycles. The van der Waals surface area contributed by atoms with Crippen molar-refractivity contribution < 1.29 is 23.6 Å². The van der Waals surface area contributed by atoms with Crippen molar-refractivity contribution in [2.75, 3.05) is 10.6 Å². The van der Waals surface area contributed by atoms with E-state index in [1.165, 1.54) is 6.26 Å². The lowest BCUT2D eigenvalue weighted by atomic mass is 9.97. The third-order valence-corrected chi connectivity index (χ3v) is 4.78. The largest absolute Gasteiger partial charge is 0.459 e. The van der Waals surface area contributed by atoms with E-state index in [4.69, 9.17) is 4.42 Å². The standard InChI is InChI=1S/C22H16N2O5/c1-12-7-8-29-20(12)22(28)23-15-4-2-3-13(9-15)19(26)14-5-6-16-17(11-25)21(27)24-18(16)10-14/h2-11,17H,1H3,(H,23,28)(H,24,27). The number of aryl methyl sites for hydroxylation is 1. The van der Waals surface area contributed by atoms with Gasteiger partial charge in [0.05, 0.1) is 6.26 Å². The molecule has 144 valence electrons. The molecule has 7 nitrogen and oxygen atoms in total. The van der Waals surface area contributed by atoms with Crippen LogP contribution in [0.1, 0.15) is 43.5 Å². The lowest BCUT2D eigenvalue weighted by Crippen LogP contribution is -2.12. The van der Waals surface area contributed by atoms with Gasteiger partial charge in [-0.3, -0.25) is 14.4 Å². The molecular weight excluding hydrogens is 372 g/mol. The van der Waals surface area contributed by atoms with Gasteiger partial charge in [-0.25, -0.2) is 0 Å². The summed E-state index contributed by atoms with van der Waals surface area (Å²) in [4.78, 5) is 48.1. The van der Waals surface area contributed by atoms with E-state index in [1.807, 2.05) is 0 Å². The van der Waals surface area contributed by atoms with E-state index >= 15 is 0 Å². The number of carbonyl (C=O) groups excluding carboxylic acids is 4. The summed E-state index contributed by atoms with van der Waals surface area (Å²) in [5.74, 6) is -1.73. The Labute approximate surface area is 165 Å². The summed E-state index contributed by atoms with van der Waals surface area (Å²) < 4.78 is 5.18. The minimum absolute atomic E-state index is 0.209. The van der Waals surface area contributed by atoms with Crippen molar-refractivity contribution in [3.63, 3.8) is 0 Å². The van der Waals surface area contributed by atoms with Gasteiger partial charge < -0.3 is 19.8 Å². The van der Waals surface area contributed by atoms with E-state index in [2.05, 4.69) is 10.6 Å². The number of nitrogens with one attached hydrogen (secondary N) is 2. The highest BCUT2D eigenvalue weighted by Crippen LogP contribution is 2.32. The predicted octanol–water partition coefficient (Wildman–Crippen LogP) is 3.31. The predicted molar refractivity (Wildman–Crippen MR) is 105 cm³/mol.